The minimum Gasteiger partial charge on any atom is -0.369 e. The molecule has 0 spiro atoms. The maximum absolute atomic E-state index is 12.1. The number of hydrogen-bond donors (Lipinski definition) is 1. The zero-order chi connectivity index (χ0) is 16.2. The van der Waals surface area contributed by atoms with Crippen molar-refractivity contribution in [1.29, 1.82) is 0 Å². The lowest BCUT2D eigenvalue weighted by atomic mass is 9.96. The number of sulfone groups is 1. The maximum atomic E-state index is 12.1. The SMILES string of the molecule is NC(=O)C1CCN(C(=O)CS(=O)(=O)Cc2ccccc2)CC1. The van der Waals surface area contributed by atoms with Crippen LogP contribution in [0.4, 0.5) is 0 Å². The summed E-state index contributed by atoms with van der Waals surface area (Å²) in [4.78, 5) is 24.7. The Kier molecular flexibility index (Phi) is 5.18. The molecule has 0 radical (unpaired) electrons. The largest absolute Gasteiger partial charge is 0.369 e. The number of carbonyl (C=O) groups excluding carboxylic acids is 2. The summed E-state index contributed by atoms with van der Waals surface area (Å²) in [7, 11) is -3.50. The van der Waals surface area contributed by atoms with E-state index in [1.54, 1.807) is 24.3 Å². The van der Waals surface area contributed by atoms with Crippen LogP contribution in [-0.4, -0.2) is 44.0 Å². The summed E-state index contributed by atoms with van der Waals surface area (Å²) < 4.78 is 24.2. The number of nitrogens with two attached hydrogens (primary N) is 1. The zero-order valence-corrected chi connectivity index (χ0v) is 13.1. The van der Waals surface area contributed by atoms with Gasteiger partial charge in [0, 0.05) is 19.0 Å². The molecule has 6 nitrogen and oxygen atoms in total. The van der Waals surface area contributed by atoms with E-state index in [1.165, 1.54) is 4.90 Å². The van der Waals surface area contributed by atoms with Crippen LogP contribution >= 0.6 is 0 Å². The van der Waals surface area contributed by atoms with Gasteiger partial charge in [-0.1, -0.05) is 30.3 Å². The van der Waals surface area contributed by atoms with E-state index in [-0.39, 0.29) is 17.6 Å². The highest BCUT2D eigenvalue weighted by Crippen LogP contribution is 2.17. The third kappa shape index (κ3) is 4.56. The molecule has 1 heterocycles. The summed E-state index contributed by atoms with van der Waals surface area (Å²) in [6.07, 6.45) is 1.000. The van der Waals surface area contributed by atoms with Crippen LogP contribution in [-0.2, 0) is 25.2 Å². The third-order valence-corrected chi connectivity index (χ3v) is 5.28. The van der Waals surface area contributed by atoms with Crippen molar-refractivity contribution in [3.8, 4) is 0 Å². The molecule has 1 saturated heterocycles. The fraction of sp³-hybridized carbons (Fsp3) is 0.467. The number of primary amides is 1. The van der Waals surface area contributed by atoms with Crippen molar-refractivity contribution >= 4 is 21.7 Å². The molecule has 1 aromatic rings. The van der Waals surface area contributed by atoms with Crippen molar-refractivity contribution < 1.29 is 18.0 Å². The van der Waals surface area contributed by atoms with Gasteiger partial charge in [-0.25, -0.2) is 8.42 Å². The predicted molar refractivity (Wildman–Crippen MR) is 82.4 cm³/mol. The van der Waals surface area contributed by atoms with Gasteiger partial charge in [-0.15, -0.1) is 0 Å². The molecule has 120 valence electrons. The standard InChI is InChI=1S/C15H20N2O4S/c16-15(19)13-6-8-17(9-7-13)14(18)11-22(20,21)10-12-4-2-1-3-5-12/h1-5,13H,6-11H2,(H2,16,19). The topological polar surface area (TPSA) is 97.5 Å². The lowest BCUT2D eigenvalue weighted by Gasteiger charge is -2.30. The molecule has 7 heteroatoms. The molecule has 1 aliphatic heterocycles. The van der Waals surface area contributed by atoms with Crippen LogP contribution in [0.15, 0.2) is 30.3 Å². The highest BCUT2D eigenvalue weighted by atomic mass is 32.2. The molecule has 0 saturated carbocycles. The van der Waals surface area contributed by atoms with Gasteiger partial charge in [0.2, 0.25) is 11.8 Å². The normalized spacial score (nSPS) is 16.5. The van der Waals surface area contributed by atoms with E-state index < -0.39 is 21.5 Å². The molecule has 22 heavy (non-hydrogen) atoms. The van der Waals surface area contributed by atoms with Crippen LogP contribution in [0.1, 0.15) is 18.4 Å². The van der Waals surface area contributed by atoms with Gasteiger partial charge in [0.05, 0.1) is 5.75 Å². The van der Waals surface area contributed by atoms with E-state index in [0.717, 1.165) is 0 Å². The van der Waals surface area contributed by atoms with Gasteiger partial charge in [0.25, 0.3) is 0 Å². The Morgan fingerprint density at radius 1 is 1.14 bits per heavy atom. The second-order valence-electron chi connectivity index (χ2n) is 5.58. The number of amides is 2. The summed E-state index contributed by atoms with van der Waals surface area (Å²) in [6, 6.07) is 8.79. The Labute approximate surface area is 130 Å². The molecule has 0 bridgehead atoms. The lowest BCUT2D eigenvalue weighted by molar-refractivity contribution is -0.132. The Hall–Kier alpha value is -1.89. The minimum atomic E-state index is -3.50. The molecule has 0 atom stereocenters. The van der Waals surface area contributed by atoms with Crippen LogP contribution in [0.25, 0.3) is 0 Å². The van der Waals surface area contributed by atoms with Crippen molar-refractivity contribution in [2.45, 2.75) is 18.6 Å². The van der Waals surface area contributed by atoms with E-state index in [4.69, 9.17) is 5.73 Å². The fourth-order valence-electron chi connectivity index (χ4n) is 2.57. The third-order valence-electron chi connectivity index (χ3n) is 3.82. The van der Waals surface area contributed by atoms with Crippen molar-refractivity contribution in [2.24, 2.45) is 11.7 Å². The average molecular weight is 324 g/mol. The Morgan fingerprint density at radius 2 is 1.73 bits per heavy atom. The van der Waals surface area contributed by atoms with Gasteiger partial charge in [0.15, 0.2) is 9.84 Å². The molecule has 1 fully saturated rings. The van der Waals surface area contributed by atoms with Gasteiger partial charge in [0.1, 0.15) is 5.75 Å². The average Bonchev–Trinajstić information content (AvgIpc) is 2.47. The monoisotopic (exact) mass is 324 g/mol. The quantitative estimate of drug-likeness (QED) is 0.843. The Balaban J connectivity index is 1.90. The van der Waals surface area contributed by atoms with Crippen LogP contribution in [0, 0.1) is 5.92 Å². The predicted octanol–water partition coefficient (Wildman–Crippen LogP) is 0.325. The van der Waals surface area contributed by atoms with Gasteiger partial charge in [-0.2, -0.15) is 0 Å². The Morgan fingerprint density at radius 3 is 2.27 bits per heavy atom. The number of rotatable bonds is 5. The number of piperidine rings is 1. The molecule has 2 amide bonds. The number of nitrogens with zero attached hydrogens (tertiary/aromatic N) is 1. The number of benzene rings is 1. The summed E-state index contributed by atoms with van der Waals surface area (Å²) in [6.45, 7) is 0.764. The van der Waals surface area contributed by atoms with E-state index in [1.807, 2.05) is 6.07 Å². The lowest BCUT2D eigenvalue weighted by Crippen LogP contribution is -2.44. The summed E-state index contributed by atoms with van der Waals surface area (Å²) in [5, 5.41) is 0. The van der Waals surface area contributed by atoms with E-state index in [2.05, 4.69) is 0 Å². The molecule has 0 aliphatic carbocycles. The van der Waals surface area contributed by atoms with Gasteiger partial charge >= 0.3 is 0 Å². The minimum absolute atomic E-state index is 0.142. The Bertz CT molecular complexity index is 635. The molecule has 2 N–H and O–H groups in total. The molecule has 0 aromatic heterocycles. The first-order chi connectivity index (χ1) is 10.4. The van der Waals surface area contributed by atoms with E-state index >= 15 is 0 Å². The molecule has 1 aliphatic rings. The molecular formula is C15H20N2O4S. The van der Waals surface area contributed by atoms with E-state index in [0.29, 0.717) is 31.5 Å². The smallest absolute Gasteiger partial charge is 0.237 e. The number of hydrogen-bond acceptors (Lipinski definition) is 4. The molecule has 1 aromatic carbocycles. The van der Waals surface area contributed by atoms with Crippen LogP contribution in [0.5, 0.6) is 0 Å². The zero-order valence-electron chi connectivity index (χ0n) is 12.3. The number of carbonyl (C=O) groups is 2. The first-order valence-corrected chi connectivity index (χ1v) is 9.01. The van der Waals surface area contributed by atoms with Crippen molar-refractivity contribution in [1.82, 2.24) is 4.90 Å². The number of likely N-dealkylation sites (tertiary alicyclic amines) is 1. The second kappa shape index (κ2) is 6.91. The molecular weight excluding hydrogens is 304 g/mol. The molecule has 2 rings (SSSR count). The highest BCUT2D eigenvalue weighted by molar-refractivity contribution is 7.91. The van der Waals surface area contributed by atoms with Gasteiger partial charge in [-0.3, -0.25) is 9.59 Å². The van der Waals surface area contributed by atoms with Gasteiger partial charge < -0.3 is 10.6 Å². The summed E-state index contributed by atoms with van der Waals surface area (Å²) in [5.41, 5.74) is 5.91. The van der Waals surface area contributed by atoms with Crippen LogP contribution < -0.4 is 5.73 Å². The maximum Gasteiger partial charge on any atom is 0.237 e. The highest BCUT2D eigenvalue weighted by Gasteiger charge is 2.28. The van der Waals surface area contributed by atoms with Crippen molar-refractivity contribution in [2.75, 3.05) is 18.8 Å². The summed E-state index contributed by atoms with van der Waals surface area (Å²) in [5.74, 6) is -1.62. The molecule has 0 unspecified atom stereocenters. The van der Waals surface area contributed by atoms with Crippen LogP contribution in [0.2, 0.25) is 0 Å². The second-order valence-corrected chi connectivity index (χ2v) is 7.64. The summed E-state index contributed by atoms with van der Waals surface area (Å²) >= 11 is 0. The first kappa shape index (κ1) is 16.5. The van der Waals surface area contributed by atoms with Gasteiger partial charge in [-0.05, 0) is 18.4 Å². The van der Waals surface area contributed by atoms with Crippen molar-refractivity contribution in [3.05, 3.63) is 35.9 Å². The van der Waals surface area contributed by atoms with Crippen molar-refractivity contribution in [3.63, 3.8) is 0 Å². The fourth-order valence-corrected chi connectivity index (χ4v) is 3.93. The van der Waals surface area contributed by atoms with E-state index in [9.17, 15) is 18.0 Å². The van der Waals surface area contributed by atoms with Crippen LogP contribution in [0.3, 0.4) is 0 Å². The first-order valence-electron chi connectivity index (χ1n) is 7.19.